The summed E-state index contributed by atoms with van der Waals surface area (Å²) in [5.41, 5.74) is -0.151. The van der Waals surface area contributed by atoms with Crippen LogP contribution in [0.25, 0.3) is 0 Å². The van der Waals surface area contributed by atoms with E-state index in [0.717, 1.165) is 5.56 Å². The fourth-order valence-corrected chi connectivity index (χ4v) is 5.16. The number of hydrogen-bond acceptors (Lipinski definition) is 6. The maximum atomic E-state index is 11.8. The van der Waals surface area contributed by atoms with Crippen molar-refractivity contribution in [3.63, 3.8) is 0 Å². The SMILES string of the molecule is CCC1(C)CC2(OC(C(=O)O)C(C(=O)O)O2)C(C)C(C)(CC)N1OC(C)c1ccccc1. The molecule has 1 spiro atoms. The van der Waals surface area contributed by atoms with Crippen LogP contribution < -0.4 is 0 Å². The quantitative estimate of drug-likeness (QED) is 0.643. The number of hydroxylamine groups is 2. The molecule has 2 fully saturated rings. The summed E-state index contributed by atoms with van der Waals surface area (Å²) >= 11 is 0. The number of benzene rings is 1. The summed E-state index contributed by atoms with van der Waals surface area (Å²) in [5.74, 6) is -4.39. The van der Waals surface area contributed by atoms with Crippen molar-refractivity contribution < 1.29 is 34.1 Å². The molecule has 0 amide bonds. The topological polar surface area (TPSA) is 106 Å². The molecule has 0 radical (unpaired) electrons. The molecule has 2 aliphatic rings. The van der Waals surface area contributed by atoms with E-state index in [1.165, 1.54) is 0 Å². The van der Waals surface area contributed by atoms with Crippen LogP contribution >= 0.6 is 0 Å². The fourth-order valence-electron chi connectivity index (χ4n) is 5.16. The second-order valence-electron chi connectivity index (χ2n) is 9.48. The van der Waals surface area contributed by atoms with Crippen LogP contribution in [0.3, 0.4) is 0 Å². The Balaban J connectivity index is 2.02. The summed E-state index contributed by atoms with van der Waals surface area (Å²) in [5, 5.41) is 21.2. The van der Waals surface area contributed by atoms with Crippen LogP contribution in [0.2, 0.25) is 0 Å². The molecule has 8 heteroatoms. The second-order valence-corrected chi connectivity index (χ2v) is 9.48. The van der Waals surface area contributed by atoms with Gasteiger partial charge in [0.2, 0.25) is 0 Å². The summed E-state index contributed by atoms with van der Waals surface area (Å²) in [6, 6.07) is 9.94. The average Bonchev–Trinajstić information content (AvgIpc) is 3.16. The summed E-state index contributed by atoms with van der Waals surface area (Å²) in [4.78, 5) is 30.1. The lowest BCUT2D eigenvalue weighted by Crippen LogP contribution is -2.71. The van der Waals surface area contributed by atoms with Gasteiger partial charge in [-0.3, -0.25) is 4.84 Å². The van der Waals surface area contributed by atoms with Gasteiger partial charge in [-0.25, -0.2) is 9.59 Å². The Labute approximate surface area is 189 Å². The number of carboxylic acid groups (broad SMARTS) is 2. The van der Waals surface area contributed by atoms with Crippen LogP contribution in [-0.2, 0) is 23.9 Å². The number of carboxylic acids is 2. The largest absolute Gasteiger partial charge is 0.479 e. The van der Waals surface area contributed by atoms with Gasteiger partial charge in [0.1, 0.15) is 6.10 Å². The fraction of sp³-hybridized carbons (Fsp3) is 0.667. The number of piperidine rings is 1. The van der Waals surface area contributed by atoms with Crippen molar-refractivity contribution in [3.8, 4) is 0 Å². The molecule has 178 valence electrons. The number of carbonyl (C=O) groups is 2. The first-order valence-electron chi connectivity index (χ1n) is 11.3. The highest BCUT2D eigenvalue weighted by molar-refractivity contribution is 5.84. The molecule has 0 bridgehead atoms. The van der Waals surface area contributed by atoms with Crippen LogP contribution in [0.15, 0.2) is 30.3 Å². The summed E-state index contributed by atoms with van der Waals surface area (Å²) in [6.07, 6.45) is -1.72. The third-order valence-electron chi connectivity index (χ3n) is 7.60. The Bertz CT molecular complexity index is 824. The minimum absolute atomic E-state index is 0.210. The molecule has 0 aromatic heterocycles. The number of hydrogen-bond donors (Lipinski definition) is 2. The smallest absolute Gasteiger partial charge is 0.336 e. The van der Waals surface area contributed by atoms with Crippen molar-refractivity contribution in [3.05, 3.63) is 35.9 Å². The maximum absolute atomic E-state index is 11.8. The predicted octanol–water partition coefficient (Wildman–Crippen LogP) is 4.01. The molecule has 3 rings (SSSR count). The zero-order chi connectivity index (χ0) is 23.9. The lowest BCUT2D eigenvalue weighted by Gasteiger charge is -2.62. The molecule has 32 heavy (non-hydrogen) atoms. The first-order chi connectivity index (χ1) is 14.9. The highest BCUT2D eigenvalue weighted by Crippen LogP contribution is 2.55. The third-order valence-corrected chi connectivity index (χ3v) is 7.60. The number of aliphatic carboxylic acids is 2. The third kappa shape index (κ3) is 3.94. The van der Waals surface area contributed by atoms with Gasteiger partial charge < -0.3 is 19.7 Å². The number of rotatable bonds is 7. The zero-order valence-electron chi connectivity index (χ0n) is 19.7. The van der Waals surface area contributed by atoms with E-state index in [1.54, 1.807) is 0 Å². The molecule has 0 saturated carbocycles. The van der Waals surface area contributed by atoms with E-state index < -0.39 is 41.0 Å². The molecule has 2 N–H and O–H groups in total. The zero-order valence-corrected chi connectivity index (χ0v) is 19.7. The monoisotopic (exact) mass is 449 g/mol. The molecular formula is C24H35NO7. The second kappa shape index (κ2) is 8.74. The van der Waals surface area contributed by atoms with Crippen LogP contribution in [0.4, 0.5) is 0 Å². The van der Waals surface area contributed by atoms with E-state index in [0.29, 0.717) is 12.8 Å². The molecule has 8 nitrogen and oxygen atoms in total. The number of ether oxygens (including phenoxy) is 2. The minimum atomic E-state index is -1.56. The molecule has 1 aromatic rings. The van der Waals surface area contributed by atoms with Gasteiger partial charge in [0.05, 0.1) is 5.54 Å². The first kappa shape index (κ1) is 24.6. The molecule has 6 atom stereocenters. The highest BCUT2D eigenvalue weighted by Gasteiger charge is 2.67. The molecular weight excluding hydrogens is 414 g/mol. The lowest BCUT2D eigenvalue weighted by molar-refractivity contribution is -0.380. The van der Waals surface area contributed by atoms with Crippen molar-refractivity contribution >= 4 is 11.9 Å². The molecule has 2 aliphatic heterocycles. The van der Waals surface area contributed by atoms with Crippen LogP contribution in [0.5, 0.6) is 0 Å². The first-order valence-corrected chi connectivity index (χ1v) is 11.3. The van der Waals surface area contributed by atoms with Crippen LogP contribution in [0, 0.1) is 5.92 Å². The summed E-state index contributed by atoms with van der Waals surface area (Å²) < 4.78 is 12.0. The van der Waals surface area contributed by atoms with Gasteiger partial charge in [-0.2, -0.15) is 5.06 Å². The molecule has 2 heterocycles. The average molecular weight is 450 g/mol. The maximum Gasteiger partial charge on any atom is 0.336 e. The van der Waals surface area contributed by atoms with E-state index in [2.05, 4.69) is 0 Å². The Morgan fingerprint density at radius 1 is 1.09 bits per heavy atom. The molecule has 0 aliphatic carbocycles. The predicted molar refractivity (Wildman–Crippen MR) is 117 cm³/mol. The van der Waals surface area contributed by atoms with Crippen LogP contribution in [-0.4, -0.2) is 56.3 Å². The standard InChI is InChI=1S/C24H35NO7/c1-7-22(5)14-24(30-18(20(26)27)19(31-24)21(28)29)16(4)23(6,8-2)25(22)32-15(3)17-12-10-9-11-13-17/h9-13,15-16,18-19H,7-8,14H2,1-6H3,(H,26,27)(H,28,29). The lowest BCUT2D eigenvalue weighted by atomic mass is 9.67. The van der Waals surface area contributed by atoms with Gasteiger partial charge in [-0.1, -0.05) is 51.1 Å². The van der Waals surface area contributed by atoms with Crippen molar-refractivity contribution in [2.45, 2.75) is 96.0 Å². The Hall–Kier alpha value is -2.00. The number of nitrogens with zero attached hydrogens (tertiary/aromatic N) is 1. The van der Waals surface area contributed by atoms with E-state index >= 15 is 0 Å². The van der Waals surface area contributed by atoms with Gasteiger partial charge in [0, 0.05) is 17.9 Å². The van der Waals surface area contributed by atoms with Gasteiger partial charge in [-0.05, 0) is 39.2 Å². The Morgan fingerprint density at radius 2 is 1.62 bits per heavy atom. The normalized spacial score (nSPS) is 38.6. The van der Waals surface area contributed by atoms with Crippen molar-refractivity contribution in [2.75, 3.05) is 0 Å². The van der Waals surface area contributed by atoms with Crippen molar-refractivity contribution in [1.29, 1.82) is 0 Å². The van der Waals surface area contributed by atoms with Crippen LogP contribution in [0.1, 0.15) is 72.5 Å². The minimum Gasteiger partial charge on any atom is -0.479 e. The highest BCUT2D eigenvalue weighted by atomic mass is 16.8. The van der Waals surface area contributed by atoms with Crippen molar-refractivity contribution in [2.24, 2.45) is 5.92 Å². The summed E-state index contributed by atoms with van der Waals surface area (Å²) in [6.45, 7) is 12.1. The van der Waals surface area contributed by atoms with Gasteiger partial charge >= 0.3 is 11.9 Å². The van der Waals surface area contributed by atoms with Gasteiger partial charge in [-0.15, -0.1) is 0 Å². The summed E-state index contributed by atoms with van der Waals surface area (Å²) in [7, 11) is 0. The Morgan fingerprint density at radius 3 is 2.06 bits per heavy atom. The van der Waals surface area contributed by atoms with E-state index in [1.807, 2.05) is 76.9 Å². The van der Waals surface area contributed by atoms with Gasteiger partial charge in [0.15, 0.2) is 18.0 Å². The van der Waals surface area contributed by atoms with Gasteiger partial charge in [0.25, 0.3) is 0 Å². The Kier molecular flexibility index (Phi) is 6.73. The van der Waals surface area contributed by atoms with E-state index in [9.17, 15) is 19.8 Å². The van der Waals surface area contributed by atoms with Crippen molar-refractivity contribution in [1.82, 2.24) is 5.06 Å². The molecule has 1 aromatic carbocycles. The molecule has 6 unspecified atom stereocenters. The molecule has 2 saturated heterocycles. The van der Waals surface area contributed by atoms with E-state index in [4.69, 9.17) is 14.3 Å². The van der Waals surface area contributed by atoms with E-state index in [-0.39, 0.29) is 18.4 Å².